The maximum Gasteiger partial charge on any atom is 0.257 e. The van der Waals surface area contributed by atoms with Crippen LogP contribution in [0.15, 0.2) is 42.5 Å². The number of hydrogen-bond donors (Lipinski definition) is 1. The highest BCUT2D eigenvalue weighted by Crippen LogP contribution is 2.33. The monoisotopic (exact) mass is 370 g/mol. The van der Waals surface area contributed by atoms with E-state index in [1.54, 1.807) is 29.2 Å². The molecule has 0 bridgehead atoms. The number of halogens is 1. The van der Waals surface area contributed by atoms with Gasteiger partial charge in [0.2, 0.25) is 0 Å². The van der Waals surface area contributed by atoms with Gasteiger partial charge < -0.3 is 15.0 Å². The molecule has 0 radical (unpaired) electrons. The number of anilines is 2. The van der Waals surface area contributed by atoms with Gasteiger partial charge in [-0.05, 0) is 49.1 Å². The number of carbonyl (C=O) groups excluding carboxylic acids is 2. The van der Waals surface area contributed by atoms with Crippen LogP contribution in [0.4, 0.5) is 11.4 Å². The van der Waals surface area contributed by atoms with Crippen LogP contribution in [0.3, 0.4) is 0 Å². The van der Waals surface area contributed by atoms with Gasteiger partial charge in [-0.2, -0.15) is 0 Å². The molecule has 2 aromatic carbocycles. The zero-order valence-electron chi connectivity index (χ0n) is 14.2. The quantitative estimate of drug-likeness (QED) is 0.897. The minimum atomic E-state index is -0.345. The maximum atomic E-state index is 12.7. The minimum Gasteiger partial charge on any atom is -0.368 e. The van der Waals surface area contributed by atoms with Crippen molar-refractivity contribution in [1.29, 1.82) is 0 Å². The number of benzene rings is 2. The molecule has 2 aliphatic heterocycles. The highest BCUT2D eigenvalue weighted by Gasteiger charge is 2.32. The first-order valence-corrected chi connectivity index (χ1v) is 9.13. The standard InChI is InChI=1S/C20H19ClN2O3/c21-16-5-2-1-4-15(16)19(24)22-14-8-7-13-9-10-23(17(13)12-14)20(25)18-6-3-11-26-18/h1-2,4-5,7-8,12,18H,3,6,9-11H2,(H,22,24). The number of rotatable bonds is 3. The first-order valence-electron chi connectivity index (χ1n) is 8.75. The molecule has 1 N–H and O–H groups in total. The molecule has 6 heteroatoms. The summed E-state index contributed by atoms with van der Waals surface area (Å²) in [6.07, 6.45) is 2.16. The van der Waals surface area contributed by atoms with E-state index in [4.69, 9.17) is 16.3 Å². The molecule has 1 atom stereocenters. The molecule has 0 aromatic heterocycles. The third kappa shape index (κ3) is 3.20. The molecule has 2 aliphatic rings. The van der Waals surface area contributed by atoms with Crippen molar-refractivity contribution in [3.05, 3.63) is 58.6 Å². The van der Waals surface area contributed by atoms with Crippen LogP contribution in [0.5, 0.6) is 0 Å². The van der Waals surface area contributed by atoms with Crippen molar-refractivity contribution in [1.82, 2.24) is 0 Å². The van der Waals surface area contributed by atoms with E-state index in [-0.39, 0.29) is 17.9 Å². The second kappa shape index (κ2) is 7.09. The molecular formula is C20H19ClN2O3. The Kier molecular flexibility index (Phi) is 4.66. The Labute approximate surface area is 156 Å². The lowest BCUT2D eigenvalue weighted by atomic mass is 10.1. The number of fused-ring (bicyclic) bond motifs is 1. The Morgan fingerprint density at radius 2 is 2.04 bits per heavy atom. The van der Waals surface area contributed by atoms with Gasteiger partial charge in [-0.25, -0.2) is 0 Å². The molecule has 134 valence electrons. The molecule has 26 heavy (non-hydrogen) atoms. The summed E-state index contributed by atoms with van der Waals surface area (Å²) in [6, 6.07) is 12.6. The summed E-state index contributed by atoms with van der Waals surface area (Å²) >= 11 is 6.09. The maximum absolute atomic E-state index is 12.7. The smallest absolute Gasteiger partial charge is 0.257 e. The van der Waals surface area contributed by atoms with Crippen LogP contribution in [0.1, 0.15) is 28.8 Å². The van der Waals surface area contributed by atoms with Crippen LogP contribution in [0.25, 0.3) is 0 Å². The van der Waals surface area contributed by atoms with Crippen LogP contribution >= 0.6 is 11.6 Å². The Bertz CT molecular complexity index is 862. The van der Waals surface area contributed by atoms with Gasteiger partial charge in [0.1, 0.15) is 6.10 Å². The third-order valence-electron chi connectivity index (χ3n) is 4.83. The average Bonchev–Trinajstić information content (AvgIpc) is 3.31. The second-order valence-corrected chi connectivity index (χ2v) is 6.93. The van der Waals surface area contributed by atoms with Crippen LogP contribution in [0, 0.1) is 0 Å². The van der Waals surface area contributed by atoms with Crippen LogP contribution in [-0.2, 0) is 16.0 Å². The molecule has 0 saturated carbocycles. The molecule has 0 spiro atoms. The largest absolute Gasteiger partial charge is 0.368 e. The van der Waals surface area contributed by atoms with Crippen molar-refractivity contribution < 1.29 is 14.3 Å². The fraction of sp³-hybridized carbons (Fsp3) is 0.300. The lowest BCUT2D eigenvalue weighted by molar-refractivity contribution is -0.127. The van der Waals surface area contributed by atoms with E-state index >= 15 is 0 Å². The van der Waals surface area contributed by atoms with Crippen molar-refractivity contribution >= 4 is 34.8 Å². The van der Waals surface area contributed by atoms with E-state index in [0.29, 0.717) is 29.4 Å². The Balaban J connectivity index is 1.55. The summed E-state index contributed by atoms with van der Waals surface area (Å²) in [7, 11) is 0. The summed E-state index contributed by atoms with van der Waals surface area (Å²) < 4.78 is 5.53. The molecule has 1 fully saturated rings. The SMILES string of the molecule is O=C(Nc1ccc2c(c1)N(C(=O)C1CCCO1)CC2)c1ccccc1Cl. The molecule has 2 heterocycles. The molecule has 0 aliphatic carbocycles. The van der Waals surface area contributed by atoms with Crippen molar-refractivity contribution in [3.8, 4) is 0 Å². The average molecular weight is 371 g/mol. The van der Waals surface area contributed by atoms with E-state index in [2.05, 4.69) is 5.32 Å². The number of amides is 2. The number of ether oxygens (including phenoxy) is 1. The van der Waals surface area contributed by atoms with Crippen LogP contribution in [-0.4, -0.2) is 31.1 Å². The highest BCUT2D eigenvalue weighted by molar-refractivity contribution is 6.34. The summed E-state index contributed by atoms with van der Waals surface area (Å²) in [4.78, 5) is 26.9. The van der Waals surface area contributed by atoms with Crippen LogP contribution in [0.2, 0.25) is 5.02 Å². The van der Waals surface area contributed by atoms with E-state index < -0.39 is 0 Å². The van der Waals surface area contributed by atoms with Gasteiger partial charge >= 0.3 is 0 Å². The number of carbonyl (C=O) groups is 2. The molecule has 1 saturated heterocycles. The molecule has 2 aromatic rings. The minimum absolute atomic E-state index is 0.0100. The molecule has 4 rings (SSSR count). The second-order valence-electron chi connectivity index (χ2n) is 6.52. The van der Waals surface area contributed by atoms with Crippen molar-refractivity contribution in [2.75, 3.05) is 23.4 Å². The van der Waals surface area contributed by atoms with E-state index in [1.807, 2.05) is 18.2 Å². The van der Waals surface area contributed by atoms with Crippen molar-refractivity contribution in [3.63, 3.8) is 0 Å². The zero-order valence-corrected chi connectivity index (χ0v) is 15.0. The first kappa shape index (κ1) is 17.1. The zero-order chi connectivity index (χ0) is 18.1. The molecule has 5 nitrogen and oxygen atoms in total. The number of nitrogens with one attached hydrogen (secondary N) is 1. The van der Waals surface area contributed by atoms with Gasteiger partial charge in [-0.3, -0.25) is 9.59 Å². The highest BCUT2D eigenvalue weighted by atomic mass is 35.5. The summed E-state index contributed by atoms with van der Waals surface area (Å²) in [5.74, 6) is -0.263. The van der Waals surface area contributed by atoms with Gasteiger partial charge in [0.05, 0.1) is 10.6 Å². The normalized spacial score (nSPS) is 18.7. The predicted molar refractivity (Wildman–Crippen MR) is 101 cm³/mol. The van der Waals surface area contributed by atoms with Crippen molar-refractivity contribution in [2.24, 2.45) is 0 Å². The van der Waals surface area contributed by atoms with Gasteiger partial charge in [-0.15, -0.1) is 0 Å². The Morgan fingerprint density at radius 3 is 2.81 bits per heavy atom. The Hall–Kier alpha value is -2.37. The van der Waals surface area contributed by atoms with Gasteiger partial charge in [0.25, 0.3) is 11.8 Å². The van der Waals surface area contributed by atoms with E-state index in [0.717, 1.165) is 30.5 Å². The van der Waals surface area contributed by atoms with Crippen molar-refractivity contribution in [2.45, 2.75) is 25.4 Å². The predicted octanol–water partition coefficient (Wildman–Crippen LogP) is 3.66. The summed E-state index contributed by atoms with van der Waals surface area (Å²) in [5, 5.41) is 3.27. The lowest BCUT2D eigenvalue weighted by Gasteiger charge is -2.21. The third-order valence-corrected chi connectivity index (χ3v) is 5.16. The Morgan fingerprint density at radius 1 is 1.19 bits per heavy atom. The molecular weight excluding hydrogens is 352 g/mol. The van der Waals surface area contributed by atoms with E-state index in [1.165, 1.54) is 0 Å². The number of nitrogens with zero attached hydrogens (tertiary/aromatic N) is 1. The lowest BCUT2D eigenvalue weighted by Crippen LogP contribution is -2.37. The summed E-state index contributed by atoms with van der Waals surface area (Å²) in [6.45, 7) is 1.29. The van der Waals surface area contributed by atoms with Gasteiger partial charge in [0.15, 0.2) is 0 Å². The first-order chi connectivity index (χ1) is 12.6. The fourth-order valence-electron chi connectivity index (χ4n) is 3.48. The fourth-order valence-corrected chi connectivity index (χ4v) is 3.70. The van der Waals surface area contributed by atoms with E-state index in [9.17, 15) is 9.59 Å². The molecule has 1 unspecified atom stereocenters. The van der Waals surface area contributed by atoms with Gasteiger partial charge in [0, 0.05) is 24.5 Å². The molecule has 2 amide bonds. The van der Waals surface area contributed by atoms with Gasteiger partial charge in [-0.1, -0.05) is 29.8 Å². The number of hydrogen-bond acceptors (Lipinski definition) is 3. The topological polar surface area (TPSA) is 58.6 Å². The van der Waals surface area contributed by atoms with Crippen LogP contribution < -0.4 is 10.2 Å². The summed E-state index contributed by atoms with van der Waals surface area (Å²) in [5.41, 5.74) is 3.01.